The lowest BCUT2D eigenvalue weighted by molar-refractivity contribution is -0.119. The van der Waals surface area contributed by atoms with Crippen LogP contribution in [-0.2, 0) is 11.3 Å². The molecular weight excluding hydrogens is 384 g/mol. The molecule has 0 bridgehead atoms. The van der Waals surface area contributed by atoms with Crippen molar-refractivity contribution in [3.63, 3.8) is 0 Å². The number of para-hydroxylation sites is 1. The molecule has 5 nitrogen and oxygen atoms in total. The molecule has 0 aliphatic carbocycles. The van der Waals surface area contributed by atoms with Gasteiger partial charge in [0.2, 0.25) is 0 Å². The van der Waals surface area contributed by atoms with E-state index in [2.05, 4.69) is 63.7 Å². The van der Waals surface area contributed by atoms with E-state index in [9.17, 15) is 4.79 Å². The molecule has 1 aromatic heterocycles. The average Bonchev–Trinajstić information content (AvgIpc) is 3.04. The maximum Gasteiger partial charge on any atom is 0.259 e. The Labute approximate surface area is 182 Å². The molecule has 4 aromatic rings. The third-order valence-corrected chi connectivity index (χ3v) is 5.32. The van der Waals surface area contributed by atoms with Crippen molar-refractivity contribution >= 4 is 28.7 Å². The van der Waals surface area contributed by atoms with Crippen molar-refractivity contribution in [1.82, 2.24) is 9.99 Å². The van der Waals surface area contributed by atoms with Crippen LogP contribution in [0.5, 0.6) is 0 Å². The highest BCUT2D eigenvalue weighted by Gasteiger charge is 2.12. The summed E-state index contributed by atoms with van der Waals surface area (Å²) in [5, 5.41) is 8.46. The zero-order valence-electron chi connectivity index (χ0n) is 17.8. The highest BCUT2D eigenvalue weighted by Crippen LogP contribution is 2.25. The molecule has 2 N–H and O–H groups in total. The minimum Gasteiger partial charge on any atom is -0.376 e. The van der Waals surface area contributed by atoms with E-state index in [-0.39, 0.29) is 12.5 Å². The fraction of sp³-hybridized carbons (Fsp3) is 0.154. The van der Waals surface area contributed by atoms with Crippen LogP contribution in [0.2, 0.25) is 0 Å². The van der Waals surface area contributed by atoms with E-state index in [1.165, 1.54) is 5.56 Å². The molecule has 0 aliphatic rings. The Kier molecular flexibility index (Phi) is 6.13. The topological polar surface area (TPSA) is 58.4 Å². The van der Waals surface area contributed by atoms with Gasteiger partial charge < -0.3 is 9.88 Å². The van der Waals surface area contributed by atoms with Crippen LogP contribution in [0, 0.1) is 13.8 Å². The number of nitrogens with one attached hydrogen (secondary N) is 2. The smallest absolute Gasteiger partial charge is 0.259 e. The lowest BCUT2D eigenvalue weighted by Crippen LogP contribution is -2.25. The summed E-state index contributed by atoms with van der Waals surface area (Å²) in [5.41, 5.74) is 9.20. The average molecular weight is 411 g/mol. The number of carbonyl (C=O) groups excluding carboxylic acids is 1. The normalized spacial score (nSPS) is 11.2. The summed E-state index contributed by atoms with van der Waals surface area (Å²) in [6.07, 6.45) is 1.74. The van der Waals surface area contributed by atoms with E-state index in [0.29, 0.717) is 0 Å². The number of hydrazone groups is 1. The molecule has 3 aromatic carbocycles. The van der Waals surface area contributed by atoms with Gasteiger partial charge in [-0.15, -0.1) is 0 Å². The molecule has 31 heavy (non-hydrogen) atoms. The number of hydrogen-bond acceptors (Lipinski definition) is 3. The van der Waals surface area contributed by atoms with Crippen LogP contribution in [0.15, 0.2) is 84.0 Å². The van der Waals surface area contributed by atoms with Crippen molar-refractivity contribution in [2.45, 2.75) is 20.4 Å². The number of aryl methyl sites for hydroxylation is 1. The minimum absolute atomic E-state index is 0.162. The van der Waals surface area contributed by atoms with E-state index >= 15 is 0 Å². The summed E-state index contributed by atoms with van der Waals surface area (Å²) < 4.78 is 2.28. The van der Waals surface area contributed by atoms with Crippen molar-refractivity contribution in [2.24, 2.45) is 5.10 Å². The fourth-order valence-electron chi connectivity index (χ4n) is 3.74. The monoisotopic (exact) mass is 410 g/mol. The molecule has 4 rings (SSSR count). The molecule has 0 radical (unpaired) electrons. The van der Waals surface area contributed by atoms with Crippen molar-refractivity contribution in [1.29, 1.82) is 0 Å². The van der Waals surface area contributed by atoms with Crippen LogP contribution in [-0.4, -0.2) is 23.2 Å². The molecule has 0 saturated heterocycles. The van der Waals surface area contributed by atoms with E-state index < -0.39 is 0 Å². The first-order valence-corrected chi connectivity index (χ1v) is 10.4. The number of benzene rings is 3. The van der Waals surface area contributed by atoms with Crippen LogP contribution in [0.4, 0.5) is 5.69 Å². The van der Waals surface area contributed by atoms with Crippen LogP contribution < -0.4 is 10.7 Å². The number of amides is 1. The predicted molar refractivity (Wildman–Crippen MR) is 128 cm³/mol. The molecule has 0 atom stereocenters. The molecule has 1 heterocycles. The number of aromatic nitrogens is 1. The number of rotatable bonds is 7. The number of carbonyl (C=O) groups is 1. The van der Waals surface area contributed by atoms with Gasteiger partial charge in [-0.05, 0) is 43.2 Å². The standard InChI is InChI=1S/C26H26N4O/c1-19-9-8-12-22(15-19)27-17-26(31)29-28-16-24-20(2)30(18-21-10-4-3-5-11-21)25-14-7-6-13-23(24)25/h3-16,27H,17-18H2,1-2H3,(H,29,31)/b28-16-. The summed E-state index contributed by atoms with van der Waals surface area (Å²) in [6, 6.07) is 26.6. The number of fused-ring (bicyclic) bond motifs is 1. The molecule has 0 unspecified atom stereocenters. The first-order chi connectivity index (χ1) is 15.1. The maximum atomic E-state index is 12.2. The molecule has 156 valence electrons. The van der Waals surface area contributed by atoms with Crippen molar-refractivity contribution in [3.05, 3.63) is 101 Å². The lowest BCUT2D eigenvalue weighted by atomic mass is 10.1. The molecule has 1 amide bonds. The van der Waals surface area contributed by atoms with Gasteiger partial charge in [0.1, 0.15) is 0 Å². The van der Waals surface area contributed by atoms with Crippen LogP contribution >= 0.6 is 0 Å². The van der Waals surface area contributed by atoms with Gasteiger partial charge in [-0.2, -0.15) is 5.10 Å². The summed E-state index contributed by atoms with van der Waals surface area (Å²) in [6.45, 7) is 5.06. The zero-order chi connectivity index (χ0) is 21.6. The second-order valence-electron chi connectivity index (χ2n) is 7.60. The highest BCUT2D eigenvalue weighted by molar-refractivity contribution is 6.01. The Balaban J connectivity index is 1.48. The van der Waals surface area contributed by atoms with Gasteiger partial charge in [0.05, 0.1) is 12.8 Å². The summed E-state index contributed by atoms with van der Waals surface area (Å²) >= 11 is 0. The SMILES string of the molecule is Cc1cccc(NCC(=O)N/N=C\c2c(C)n(Cc3ccccc3)c3ccccc23)c1. The Morgan fingerprint density at radius 3 is 2.55 bits per heavy atom. The second kappa shape index (κ2) is 9.30. The van der Waals surface area contributed by atoms with E-state index in [4.69, 9.17) is 0 Å². The molecule has 0 aliphatic heterocycles. The Hall–Kier alpha value is -3.86. The molecule has 0 saturated carbocycles. The third-order valence-electron chi connectivity index (χ3n) is 5.32. The van der Waals surface area contributed by atoms with Gasteiger partial charge in [-0.1, -0.05) is 60.7 Å². The lowest BCUT2D eigenvalue weighted by Gasteiger charge is -2.08. The molecule has 5 heteroatoms. The van der Waals surface area contributed by atoms with Crippen LogP contribution in [0.1, 0.15) is 22.4 Å². The zero-order valence-corrected chi connectivity index (χ0v) is 17.8. The van der Waals surface area contributed by atoms with Crippen molar-refractivity contribution in [2.75, 3.05) is 11.9 Å². The predicted octanol–water partition coefficient (Wildman–Crippen LogP) is 4.87. The summed E-state index contributed by atoms with van der Waals surface area (Å²) in [4.78, 5) is 12.2. The quantitative estimate of drug-likeness (QED) is 0.337. The van der Waals surface area contributed by atoms with Gasteiger partial charge in [0, 0.05) is 34.4 Å². The van der Waals surface area contributed by atoms with Gasteiger partial charge >= 0.3 is 0 Å². The van der Waals surface area contributed by atoms with Gasteiger partial charge in [0.25, 0.3) is 5.91 Å². The van der Waals surface area contributed by atoms with Crippen molar-refractivity contribution < 1.29 is 4.79 Å². The summed E-state index contributed by atoms with van der Waals surface area (Å²) in [7, 11) is 0. The largest absolute Gasteiger partial charge is 0.376 e. The van der Waals surface area contributed by atoms with Gasteiger partial charge in [-0.3, -0.25) is 4.79 Å². The number of anilines is 1. The maximum absolute atomic E-state index is 12.2. The third kappa shape index (κ3) is 4.83. The Morgan fingerprint density at radius 1 is 0.968 bits per heavy atom. The first-order valence-electron chi connectivity index (χ1n) is 10.4. The minimum atomic E-state index is -0.191. The molecule has 0 fully saturated rings. The Morgan fingerprint density at radius 2 is 1.74 bits per heavy atom. The molecular formula is C26H26N4O. The van der Waals surface area contributed by atoms with Crippen LogP contribution in [0.25, 0.3) is 10.9 Å². The van der Waals surface area contributed by atoms with Gasteiger partial charge in [-0.25, -0.2) is 5.43 Å². The molecule has 0 spiro atoms. The van der Waals surface area contributed by atoms with E-state index in [1.807, 2.05) is 49.4 Å². The van der Waals surface area contributed by atoms with Crippen LogP contribution in [0.3, 0.4) is 0 Å². The first kappa shape index (κ1) is 20.4. The fourth-order valence-corrected chi connectivity index (χ4v) is 3.74. The Bertz CT molecular complexity index is 1220. The van der Waals surface area contributed by atoms with Crippen molar-refractivity contribution in [3.8, 4) is 0 Å². The number of nitrogens with zero attached hydrogens (tertiary/aromatic N) is 2. The van der Waals surface area contributed by atoms with E-state index in [1.54, 1.807) is 6.21 Å². The highest BCUT2D eigenvalue weighted by atomic mass is 16.2. The number of hydrogen-bond donors (Lipinski definition) is 2. The summed E-state index contributed by atoms with van der Waals surface area (Å²) in [5.74, 6) is -0.191. The second-order valence-corrected chi connectivity index (χ2v) is 7.60. The van der Waals surface area contributed by atoms with Gasteiger partial charge in [0.15, 0.2) is 0 Å². The van der Waals surface area contributed by atoms with E-state index in [0.717, 1.165) is 40.0 Å².